The Morgan fingerprint density at radius 3 is 2.18 bits per heavy atom. The van der Waals surface area contributed by atoms with Gasteiger partial charge in [-0.1, -0.05) is 0 Å². The second-order valence-electron chi connectivity index (χ2n) is 3.52. The van der Waals surface area contributed by atoms with Crippen molar-refractivity contribution >= 4 is 7.95 Å². The van der Waals surface area contributed by atoms with E-state index < -0.39 is 50.4 Å². The molecule has 1 rings (SSSR count). The molecule has 1 aromatic rings. The summed E-state index contributed by atoms with van der Waals surface area (Å²) in [6.45, 7) is 3.99. The van der Waals surface area contributed by atoms with E-state index in [9.17, 15) is 9.59 Å². The molecule has 2 N–H and O–H groups in total. The Morgan fingerprint density at radius 1 is 1.12 bits per heavy atom. The van der Waals surface area contributed by atoms with Crippen molar-refractivity contribution in [1.82, 2.24) is 0 Å². The van der Waals surface area contributed by atoms with Crippen LogP contribution in [0.4, 0.5) is 9.59 Å². The van der Waals surface area contributed by atoms with Crippen molar-refractivity contribution in [3.8, 4) is 0 Å². The number of benzene rings is 1. The van der Waals surface area contributed by atoms with Crippen LogP contribution in [0.5, 0.6) is 0 Å². The summed E-state index contributed by atoms with van der Waals surface area (Å²) >= 11 is -2.07. The van der Waals surface area contributed by atoms with Gasteiger partial charge in [-0.25, -0.2) is 0 Å². The molecule has 6 heteroatoms. The molecular weight excluding hydrogens is 450 g/mol. The van der Waals surface area contributed by atoms with Crippen molar-refractivity contribution in [3.63, 3.8) is 0 Å². The van der Waals surface area contributed by atoms with Gasteiger partial charge in [-0.15, -0.1) is 0 Å². The van der Waals surface area contributed by atoms with Crippen LogP contribution < -0.4 is 42.4 Å². The van der Waals surface area contributed by atoms with Gasteiger partial charge in [0.2, 0.25) is 0 Å². The first-order valence-corrected chi connectivity index (χ1v) is 9.11. The molecule has 0 saturated heterocycles. The fraction of sp³-hybridized carbons (Fsp3) is 0.273. The molecule has 0 atom stereocenters. The minimum absolute atomic E-state index is 0.224. The summed E-state index contributed by atoms with van der Waals surface area (Å²) in [4.78, 5) is 21.4. The summed E-state index contributed by atoms with van der Waals surface area (Å²) < 4.78 is 0.188. The van der Waals surface area contributed by atoms with Gasteiger partial charge < -0.3 is 0 Å². The quantitative estimate of drug-likeness (QED) is 0.355. The third kappa shape index (κ3) is 4.78. The van der Waals surface area contributed by atoms with E-state index in [1.165, 1.54) is 0 Å². The van der Waals surface area contributed by atoms with Crippen LogP contribution in [0.15, 0.2) is 18.2 Å². The molecule has 0 aliphatic carbocycles. The van der Waals surface area contributed by atoms with E-state index in [1.807, 2.05) is 19.9 Å². The van der Waals surface area contributed by atoms with Crippen LogP contribution in [0.2, 0.25) is 0 Å². The molecule has 4 nitrogen and oxygen atoms in total. The van der Waals surface area contributed by atoms with Gasteiger partial charge in [0.05, 0.1) is 0 Å². The summed E-state index contributed by atoms with van der Waals surface area (Å²) in [6.07, 6.45) is 0. The third-order valence-corrected chi connectivity index (χ3v) is 5.73. The zero-order valence-corrected chi connectivity index (χ0v) is 13.6. The van der Waals surface area contributed by atoms with Crippen molar-refractivity contribution in [2.75, 3.05) is 0 Å². The molecule has 0 spiro atoms. The Balaban J connectivity index is 3.07. The minimum atomic E-state index is -1.04. The summed E-state index contributed by atoms with van der Waals surface area (Å²) in [7, 11) is 0. The molecule has 0 aliphatic heterocycles. The Labute approximate surface area is 120 Å². The van der Waals surface area contributed by atoms with E-state index in [-0.39, 0.29) is 5.92 Å². The van der Waals surface area contributed by atoms with Gasteiger partial charge in [0.1, 0.15) is 0 Å². The Kier molecular flexibility index (Phi) is 5.63. The molecule has 0 amide bonds. The average molecular weight is 462 g/mol. The summed E-state index contributed by atoms with van der Waals surface area (Å²) in [5, 5.41) is 17.6. The van der Waals surface area contributed by atoms with E-state index >= 15 is 0 Å². The SMILES string of the molecule is CC(C)c1cc([I-]C(=O)O)ccc1[I-]C(=O)O. The van der Waals surface area contributed by atoms with E-state index in [1.54, 1.807) is 12.1 Å². The molecule has 0 bridgehead atoms. The van der Waals surface area contributed by atoms with Gasteiger partial charge >= 0.3 is 121 Å². The van der Waals surface area contributed by atoms with Gasteiger partial charge in [0.25, 0.3) is 0 Å². The van der Waals surface area contributed by atoms with Gasteiger partial charge in [-0.3, -0.25) is 0 Å². The number of hydrogen-bond acceptors (Lipinski definition) is 2. The van der Waals surface area contributed by atoms with Crippen molar-refractivity contribution < 1.29 is 62.2 Å². The third-order valence-electron chi connectivity index (χ3n) is 1.95. The van der Waals surface area contributed by atoms with Crippen molar-refractivity contribution in [2.45, 2.75) is 19.8 Å². The Bertz CT molecular complexity index is 443. The van der Waals surface area contributed by atoms with Gasteiger partial charge in [-0.05, 0) is 0 Å². The number of carbonyl (C=O) groups is 2. The van der Waals surface area contributed by atoms with E-state index in [4.69, 9.17) is 10.2 Å². The molecule has 0 heterocycles. The van der Waals surface area contributed by atoms with E-state index in [2.05, 4.69) is 0 Å². The van der Waals surface area contributed by atoms with E-state index in [0.29, 0.717) is 0 Å². The normalized spacial score (nSPS) is 11.0. The predicted molar refractivity (Wildman–Crippen MR) is 54.0 cm³/mol. The molecule has 0 radical (unpaired) electrons. The van der Waals surface area contributed by atoms with Crippen LogP contribution in [0.25, 0.3) is 0 Å². The summed E-state index contributed by atoms with van der Waals surface area (Å²) in [6, 6.07) is 5.41. The zero-order chi connectivity index (χ0) is 13.0. The predicted octanol–water partition coefficient (Wildman–Crippen LogP) is -3.32. The second kappa shape index (κ2) is 6.53. The Morgan fingerprint density at radius 2 is 1.71 bits per heavy atom. The van der Waals surface area contributed by atoms with Crippen LogP contribution in [-0.2, 0) is 0 Å². The monoisotopic (exact) mass is 462 g/mol. The zero-order valence-electron chi connectivity index (χ0n) is 9.28. The maximum absolute atomic E-state index is 10.8. The fourth-order valence-electron chi connectivity index (χ4n) is 1.28. The van der Waals surface area contributed by atoms with Crippen LogP contribution in [0.3, 0.4) is 0 Å². The molecule has 0 aromatic heterocycles. The van der Waals surface area contributed by atoms with Crippen LogP contribution in [0.1, 0.15) is 25.3 Å². The van der Waals surface area contributed by atoms with Crippen molar-refractivity contribution in [3.05, 3.63) is 30.9 Å². The van der Waals surface area contributed by atoms with Crippen LogP contribution in [0, 0.1) is 7.14 Å². The molecular formula is C11H12I2O4-2. The molecule has 0 aliphatic rings. The number of rotatable bonds is 5. The standard InChI is InChI=1S/C11H12I2O4/c1-6(2)8-5-7(12-10(14)15)3-4-9(8)13-11(16)17/h3-6H,1-2H3,(H,14,15)(H,16,17)/q-2. The average Bonchev–Trinajstić information content (AvgIpc) is 2.18. The summed E-state index contributed by atoms with van der Waals surface area (Å²) in [5.41, 5.74) is 0.985. The number of hydrogen-bond donors (Lipinski definition) is 2. The van der Waals surface area contributed by atoms with Crippen molar-refractivity contribution in [1.29, 1.82) is 0 Å². The molecule has 96 valence electrons. The van der Waals surface area contributed by atoms with Crippen molar-refractivity contribution in [2.24, 2.45) is 0 Å². The molecule has 0 saturated carbocycles. The Hall–Kier alpha value is -0.380. The molecule has 0 unspecified atom stereocenters. The second-order valence-corrected chi connectivity index (χ2v) is 8.85. The van der Waals surface area contributed by atoms with Crippen LogP contribution >= 0.6 is 0 Å². The van der Waals surface area contributed by atoms with Gasteiger partial charge in [-0.2, -0.15) is 0 Å². The van der Waals surface area contributed by atoms with E-state index in [0.717, 1.165) is 12.7 Å². The summed E-state index contributed by atoms with van der Waals surface area (Å²) in [5.74, 6) is 0.224. The molecule has 0 fully saturated rings. The first kappa shape index (κ1) is 14.7. The maximum atomic E-state index is 10.8. The first-order valence-electron chi connectivity index (χ1n) is 4.79. The number of halogens is 2. The first-order chi connectivity index (χ1) is 7.90. The van der Waals surface area contributed by atoms with Gasteiger partial charge in [0.15, 0.2) is 0 Å². The van der Waals surface area contributed by atoms with Crippen LogP contribution in [-0.4, -0.2) is 18.2 Å². The molecule has 17 heavy (non-hydrogen) atoms. The number of carboxylic acid groups (broad SMARTS) is 2. The molecule has 1 aromatic carbocycles. The van der Waals surface area contributed by atoms with Gasteiger partial charge in [0, 0.05) is 0 Å². The fourth-order valence-corrected chi connectivity index (χ4v) is 4.61. The topological polar surface area (TPSA) is 74.6 Å².